The van der Waals surface area contributed by atoms with Crippen LogP contribution < -0.4 is 0 Å². The van der Waals surface area contributed by atoms with E-state index in [0.717, 1.165) is 6.29 Å². The Morgan fingerprint density at radius 2 is 1.67 bits per heavy atom. The molecule has 2 saturated heterocycles. The molecule has 15 atom stereocenters. The van der Waals surface area contributed by atoms with E-state index < -0.39 is 103 Å². The first-order chi connectivity index (χ1) is 23.0. The zero-order chi connectivity index (χ0) is 36.6. The van der Waals surface area contributed by atoms with Gasteiger partial charge in [0.1, 0.15) is 30.7 Å². The largest absolute Gasteiger partial charge is 0.462 e. The normalized spacial score (nSPS) is 42.9. The van der Waals surface area contributed by atoms with Crippen LogP contribution in [-0.2, 0) is 38.0 Å². The third-order valence-electron chi connectivity index (χ3n) is 10.1. The van der Waals surface area contributed by atoms with Crippen LogP contribution in [-0.4, -0.2) is 138 Å². The molecular weight excluding hydrogens is 638 g/mol. The summed E-state index contributed by atoms with van der Waals surface area (Å²) in [5, 5.41) is 44.8. The Morgan fingerprint density at radius 3 is 2.29 bits per heavy atom. The van der Waals surface area contributed by atoms with Crippen molar-refractivity contribution in [2.24, 2.45) is 17.3 Å². The minimum atomic E-state index is -1.39. The number of carbonyl (C=O) groups excluding carboxylic acids is 2. The molecule has 13 heteroatoms. The number of cyclic esters (lactones) is 1. The maximum absolute atomic E-state index is 12.8. The SMILES string of the molecule is COC1C(O)CC(=O)OC(C)CC=CC=CC(O)C(C)CC(CC=O)C1OC1OC(C)C(OC2CC(C)(C)C(O)C(C)O2)C(N(C)C)C1O. The summed E-state index contributed by atoms with van der Waals surface area (Å²) >= 11 is 0. The van der Waals surface area contributed by atoms with Gasteiger partial charge in [0.25, 0.3) is 0 Å². The van der Waals surface area contributed by atoms with Gasteiger partial charge in [0.05, 0.1) is 49.1 Å². The van der Waals surface area contributed by atoms with Crippen molar-refractivity contribution in [2.75, 3.05) is 21.2 Å². The molecule has 13 nitrogen and oxygen atoms in total. The average Bonchev–Trinajstić information content (AvgIpc) is 3.00. The molecule has 0 radical (unpaired) electrons. The predicted octanol–water partition coefficient (Wildman–Crippen LogP) is 2.12. The standard InChI is InChI=1S/C36H61NO12/c1-20-17-24(15-16-38)32(33(44-9)26(40)18-27(41)45-21(2)13-11-10-12-14-25(20)39)49-35-30(42)29(37(7)8)31(22(3)47-35)48-28-19-36(5,6)34(43)23(4)46-28/h10-12,14,16,20-26,28-35,39-40,42-43H,13,15,17-19H2,1-9H3. The molecular formula is C36H61NO12. The number of aliphatic hydroxyl groups excluding tert-OH is 4. The molecule has 15 unspecified atom stereocenters. The Bertz CT molecular complexity index is 1100. The zero-order valence-corrected chi connectivity index (χ0v) is 30.6. The molecule has 2 fully saturated rings. The number of carbonyl (C=O) groups is 2. The number of likely N-dealkylation sites (N-methyl/N-ethyl adjacent to an activating group) is 1. The molecule has 0 spiro atoms. The van der Waals surface area contributed by atoms with Crippen LogP contribution in [0.1, 0.15) is 73.6 Å². The van der Waals surface area contributed by atoms with E-state index in [1.807, 2.05) is 31.7 Å². The summed E-state index contributed by atoms with van der Waals surface area (Å²) in [5.41, 5.74) is -0.464. The van der Waals surface area contributed by atoms with Gasteiger partial charge in [-0.15, -0.1) is 0 Å². The minimum Gasteiger partial charge on any atom is -0.462 e. The predicted molar refractivity (Wildman–Crippen MR) is 180 cm³/mol. The molecule has 0 aromatic carbocycles. The second kappa shape index (κ2) is 18.6. The van der Waals surface area contributed by atoms with Gasteiger partial charge in [0.15, 0.2) is 12.6 Å². The van der Waals surface area contributed by atoms with Crippen LogP contribution in [0.2, 0.25) is 0 Å². The Hall–Kier alpha value is -1.78. The summed E-state index contributed by atoms with van der Waals surface area (Å²) < 4.78 is 36.6. The van der Waals surface area contributed by atoms with E-state index in [1.165, 1.54) is 7.11 Å². The molecule has 3 aliphatic rings. The van der Waals surface area contributed by atoms with Crippen molar-refractivity contribution in [3.63, 3.8) is 0 Å². The first kappa shape index (κ1) is 41.6. The molecule has 282 valence electrons. The number of ether oxygens (including phenoxy) is 6. The van der Waals surface area contributed by atoms with Gasteiger partial charge in [0.2, 0.25) is 0 Å². The summed E-state index contributed by atoms with van der Waals surface area (Å²) in [6, 6.07) is -0.639. The van der Waals surface area contributed by atoms with Crippen LogP contribution in [0.4, 0.5) is 0 Å². The fraction of sp³-hybridized carbons (Fsp3) is 0.833. The second-order valence-electron chi connectivity index (χ2n) is 15.0. The van der Waals surface area contributed by atoms with E-state index >= 15 is 0 Å². The lowest BCUT2D eigenvalue weighted by atomic mass is 9.78. The third kappa shape index (κ3) is 11.1. The number of nitrogens with zero attached hydrogens (tertiary/aromatic N) is 1. The van der Waals surface area contributed by atoms with E-state index in [2.05, 4.69) is 0 Å². The lowest BCUT2D eigenvalue weighted by Gasteiger charge is -2.50. The molecule has 3 aliphatic heterocycles. The summed E-state index contributed by atoms with van der Waals surface area (Å²) in [7, 11) is 4.98. The quantitative estimate of drug-likeness (QED) is 0.215. The van der Waals surface area contributed by atoms with Gasteiger partial charge >= 0.3 is 5.97 Å². The molecule has 0 aliphatic carbocycles. The second-order valence-corrected chi connectivity index (χ2v) is 15.0. The molecule has 0 aromatic heterocycles. The van der Waals surface area contributed by atoms with Crippen molar-refractivity contribution in [1.29, 1.82) is 0 Å². The van der Waals surface area contributed by atoms with Crippen molar-refractivity contribution in [2.45, 2.75) is 153 Å². The average molecular weight is 700 g/mol. The molecule has 3 rings (SSSR count). The van der Waals surface area contributed by atoms with Gasteiger partial charge in [-0.05, 0) is 58.5 Å². The molecule has 0 saturated carbocycles. The van der Waals surface area contributed by atoms with Crippen LogP contribution in [0.3, 0.4) is 0 Å². The number of rotatable bonds is 8. The maximum Gasteiger partial charge on any atom is 0.308 e. The third-order valence-corrected chi connectivity index (χ3v) is 10.1. The van der Waals surface area contributed by atoms with Crippen LogP contribution in [0.15, 0.2) is 24.3 Å². The molecule has 4 N–H and O–H groups in total. The number of hydrogen-bond acceptors (Lipinski definition) is 13. The molecule has 49 heavy (non-hydrogen) atoms. The van der Waals surface area contributed by atoms with Crippen molar-refractivity contribution in [1.82, 2.24) is 4.90 Å². The Kier molecular flexibility index (Phi) is 15.8. The summed E-state index contributed by atoms with van der Waals surface area (Å²) in [4.78, 5) is 26.7. The monoisotopic (exact) mass is 699 g/mol. The summed E-state index contributed by atoms with van der Waals surface area (Å²) in [6.07, 6.45) is -2.04. The highest BCUT2D eigenvalue weighted by Gasteiger charge is 2.51. The van der Waals surface area contributed by atoms with Crippen molar-refractivity contribution < 1.29 is 58.4 Å². The highest BCUT2D eigenvalue weighted by molar-refractivity contribution is 5.70. The van der Waals surface area contributed by atoms with E-state index in [1.54, 1.807) is 53.1 Å². The van der Waals surface area contributed by atoms with Gasteiger partial charge in [-0.3, -0.25) is 4.79 Å². The van der Waals surface area contributed by atoms with Crippen LogP contribution in [0.25, 0.3) is 0 Å². The maximum atomic E-state index is 12.8. The number of allylic oxidation sites excluding steroid dienone is 2. The van der Waals surface area contributed by atoms with Gasteiger partial charge in [-0.25, -0.2) is 0 Å². The molecule has 0 bridgehead atoms. The van der Waals surface area contributed by atoms with E-state index in [-0.39, 0.29) is 18.8 Å². The van der Waals surface area contributed by atoms with Crippen LogP contribution in [0.5, 0.6) is 0 Å². The first-order valence-corrected chi connectivity index (χ1v) is 17.5. The Morgan fingerprint density at radius 1 is 0.980 bits per heavy atom. The smallest absolute Gasteiger partial charge is 0.308 e. The number of hydrogen-bond donors (Lipinski definition) is 4. The summed E-state index contributed by atoms with van der Waals surface area (Å²) in [5.74, 6) is -1.58. The number of methoxy groups -OCH3 is 1. The van der Waals surface area contributed by atoms with Crippen molar-refractivity contribution in [3.05, 3.63) is 24.3 Å². The Balaban J connectivity index is 1.94. The molecule has 3 heterocycles. The summed E-state index contributed by atoms with van der Waals surface area (Å²) in [6.45, 7) is 11.1. The first-order valence-electron chi connectivity index (χ1n) is 17.5. The molecule has 0 amide bonds. The van der Waals surface area contributed by atoms with Gasteiger partial charge < -0.3 is 58.5 Å². The fourth-order valence-corrected chi connectivity index (χ4v) is 7.26. The van der Waals surface area contributed by atoms with Gasteiger partial charge in [0, 0.05) is 26.4 Å². The Labute approximate surface area is 291 Å². The highest BCUT2D eigenvalue weighted by atomic mass is 16.7. The van der Waals surface area contributed by atoms with E-state index in [0.29, 0.717) is 12.8 Å². The van der Waals surface area contributed by atoms with E-state index in [4.69, 9.17) is 28.4 Å². The highest BCUT2D eigenvalue weighted by Crippen LogP contribution is 2.39. The minimum absolute atomic E-state index is 0.0144. The zero-order valence-electron chi connectivity index (χ0n) is 30.6. The number of esters is 1. The molecule has 0 aromatic rings. The lowest BCUT2D eigenvalue weighted by Crippen LogP contribution is -2.65. The van der Waals surface area contributed by atoms with Crippen LogP contribution >= 0.6 is 0 Å². The van der Waals surface area contributed by atoms with E-state index in [9.17, 15) is 30.0 Å². The topological polar surface area (TPSA) is 174 Å². The fourth-order valence-electron chi connectivity index (χ4n) is 7.26. The van der Waals surface area contributed by atoms with Gasteiger partial charge in [-0.1, -0.05) is 45.1 Å². The van der Waals surface area contributed by atoms with Gasteiger partial charge in [-0.2, -0.15) is 0 Å². The number of aliphatic hydroxyl groups is 4. The lowest BCUT2D eigenvalue weighted by molar-refractivity contribution is -0.340. The van der Waals surface area contributed by atoms with Crippen molar-refractivity contribution in [3.8, 4) is 0 Å². The van der Waals surface area contributed by atoms with Crippen molar-refractivity contribution >= 4 is 12.3 Å². The number of aldehydes is 1. The van der Waals surface area contributed by atoms with Crippen LogP contribution in [0, 0.1) is 17.3 Å².